The highest BCUT2D eigenvalue weighted by atomic mass is 19.3. The Kier molecular flexibility index (Phi) is 11.9. The van der Waals surface area contributed by atoms with E-state index in [1.165, 1.54) is 4.90 Å². The standard InChI is InChI=1S/C47H52F2N10O5/c1-50-47(64)56-22-18-37-36(28-56)44(57-19-8-12-30-23-34(32-25-51-54(2)26-32)35(43(48)49)24-39(30)57)53-59(37)33-16-20-55(21-17-33)41(61)13-6-4-3-5-9-29-10-7-11-31-27-58(46(63)42(29)31)38-14-15-40(60)52-45(38)62/h7,10-11,23-26,33,38,43H,3-4,6,8,12-22,27-28H2,1-2H3,(H,50,64)(H,52,60,62). The Morgan fingerprint density at radius 3 is 2.55 bits per heavy atom. The normalized spacial score (nSPS) is 18.7. The Labute approximate surface area is 370 Å². The molecular formula is C47H52F2N10O5. The van der Waals surface area contributed by atoms with Gasteiger partial charge in [-0.25, -0.2) is 13.6 Å². The van der Waals surface area contributed by atoms with Gasteiger partial charge >= 0.3 is 6.03 Å². The van der Waals surface area contributed by atoms with Crippen LogP contribution >= 0.6 is 0 Å². The molecule has 7 heterocycles. The van der Waals surface area contributed by atoms with E-state index < -0.39 is 18.4 Å². The number of carbonyl (C=O) groups is 5. The monoisotopic (exact) mass is 874 g/mol. The number of carbonyl (C=O) groups excluding carboxylic acids is 5. The predicted molar refractivity (Wildman–Crippen MR) is 232 cm³/mol. The predicted octanol–water partition coefficient (Wildman–Crippen LogP) is 5.54. The molecule has 0 radical (unpaired) electrons. The van der Waals surface area contributed by atoms with E-state index >= 15 is 0 Å². The third kappa shape index (κ3) is 8.21. The van der Waals surface area contributed by atoms with Gasteiger partial charge < -0.3 is 24.9 Å². The summed E-state index contributed by atoms with van der Waals surface area (Å²) in [6.07, 6.45) is 7.10. The number of anilines is 2. The van der Waals surface area contributed by atoms with Crippen LogP contribution < -0.4 is 15.5 Å². The highest BCUT2D eigenvalue weighted by molar-refractivity contribution is 6.06. The van der Waals surface area contributed by atoms with Crippen LogP contribution in [0.15, 0.2) is 42.7 Å². The Hall–Kier alpha value is -6.57. The molecule has 64 heavy (non-hydrogen) atoms. The minimum absolute atomic E-state index is 0.0321. The molecule has 17 heteroatoms. The number of rotatable bonds is 9. The smallest absolute Gasteiger partial charge is 0.317 e. The van der Waals surface area contributed by atoms with Gasteiger partial charge in [0.05, 0.1) is 24.3 Å². The Bertz CT molecular complexity index is 2580. The highest BCUT2D eigenvalue weighted by Gasteiger charge is 2.40. The number of likely N-dealkylation sites (tertiary alicyclic amines) is 1. The molecule has 2 fully saturated rings. The molecule has 1 atom stereocenters. The van der Waals surface area contributed by atoms with Crippen molar-refractivity contribution in [3.8, 4) is 23.0 Å². The molecule has 6 amide bonds. The molecule has 9 rings (SSSR count). The number of amides is 6. The number of aryl methyl sites for hydroxylation is 2. The maximum atomic E-state index is 14.7. The number of benzene rings is 2. The summed E-state index contributed by atoms with van der Waals surface area (Å²) in [6, 6.07) is 8.18. The first-order valence-electron chi connectivity index (χ1n) is 22.3. The van der Waals surface area contributed by atoms with Gasteiger partial charge in [-0.1, -0.05) is 24.0 Å². The number of halogens is 2. The van der Waals surface area contributed by atoms with Crippen LogP contribution in [0.25, 0.3) is 11.1 Å². The molecule has 4 aromatic rings. The summed E-state index contributed by atoms with van der Waals surface area (Å²) in [4.78, 5) is 71.1. The molecule has 0 bridgehead atoms. The molecule has 2 aromatic heterocycles. The number of alkyl halides is 2. The molecular weight excluding hydrogens is 823 g/mol. The topological polar surface area (TPSA) is 158 Å². The van der Waals surface area contributed by atoms with E-state index in [2.05, 4.69) is 37.2 Å². The molecule has 15 nitrogen and oxygen atoms in total. The van der Waals surface area contributed by atoms with E-state index in [9.17, 15) is 32.8 Å². The van der Waals surface area contributed by atoms with Gasteiger partial charge in [-0.3, -0.25) is 33.9 Å². The van der Waals surface area contributed by atoms with Crippen LogP contribution in [-0.4, -0.2) is 103 Å². The van der Waals surface area contributed by atoms with E-state index in [-0.39, 0.29) is 41.8 Å². The van der Waals surface area contributed by atoms with Gasteiger partial charge in [-0.2, -0.15) is 10.2 Å². The second-order valence-electron chi connectivity index (χ2n) is 17.3. The molecule has 334 valence electrons. The lowest BCUT2D eigenvalue weighted by Gasteiger charge is -2.34. The fourth-order valence-electron chi connectivity index (χ4n) is 10.0. The van der Waals surface area contributed by atoms with E-state index in [0.717, 1.165) is 41.6 Å². The van der Waals surface area contributed by atoms with Crippen LogP contribution in [-0.2, 0) is 47.4 Å². The zero-order valence-corrected chi connectivity index (χ0v) is 36.2. The van der Waals surface area contributed by atoms with Gasteiger partial charge in [-0.15, -0.1) is 0 Å². The zero-order valence-electron chi connectivity index (χ0n) is 36.2. The number of hydrogen-bond acceptors (Lipinski definition) is 8. The fourth-order valence-corrected chi connectivity index (χ4v) is 10.0. The number of piperidine rings is 2. The molecule has 5 aliphatic heterocycles. The van der Waals surface area contributed by atoms with Crippen molar-refractivity contribution in [3.63, 3.8) is 0 Å². The molecule has 0 spiro atoms. The van der Waals surface area contributed by atoms with Gasteiger partial charge in [0, 0.05) is 112 Å². The lowest BCUT2D eigenvalue weighted by molar-refractivity contribution is -0.137. The average Bonchev–Trinajstić information content (AvgIpc) is 4.01. The van der Waals surface area contributed by atoms with Gasteiger partial charge in [-0.05, 0) is 79.8 Å². The molecule has 2 saturated heterocycles. The SMILES string of the molecule is CNC(=O)N1CCc2c(c(N3CCCc4cc(-c5cnn(C)c5)c(C(F)F)cc43)nn2C2CCN(C(=O)CCCCC#Cc3cccc4c3C(=O)N(C3CCC(=O)NC3=O)C4)CC2)C1. The first kappa shape index (κ1) is 42.7. The van der Waals surface area contributed by atoms with E-state index in [1.807, 2.05) is 29.2 Å². The number of hydrogen-bond donors (Lipinski definition) is 2. The third-order valence-electron chi connectivity index (χ3n) is 13.3. The molecule has 2 aromatic carbocycles. The van der Waals surface area contributed by atoms with E-state index in [1.54, 1.807) is 42.1 Å². The Morgan fingerprint density at radius 2 is 1.80 bits per heavy atom. The Morgan fingerprint density at radius 1 is 0.969 bits per heavy atom. The van der Waals surface area contributed by atoms with Gasteiger partial charge in [0.2, 0.25) is 17.7 Å². The summed E-state index contributed by atoms with van der Waals surface area (Å²) < 4.78 is 33.2. The zero-order chi connectivity index (χ0) is 44.6. The van der Waals surface area contributed by atoms with Crippen LogP contribution in [0.5, 0.6) is 0 Å². The molecule has 0 saturated carbocycles. The van der Waals surface area contributed by atoms with Crippen LogP contribution in [0.3, 0.4) is 0 Å². The van der Waals surface area contributed by atoms with Crippen molar-refractivity contribution in [2.24, 2.45) is 7.05 Å². The lowest BCUT2D eigenvalue weighted by Crippen LogP contribution is -2.52. The minimum Gasteiger partial charge on any atom is -0.343 e. The molecule has 1 unspecified atom stereocenters. The summed E-state index contributed by atoms with van der Waals surface area (Å²) in [6.45, 7) is 2.94. The van der Waals surface area contributed by atoms with Gasteiger partial charge in [0.1, 0.15) is 6.04 Å². The van der Waals surface area contributed by atoms with Crippen molar-refractivity contribution in [2.45, 2.75) is 102 Å². The number of nitrogens with zero attached hydrogens (tertiary/aromatic N) is 8. The van der Waals surface area contributed by atoms with Crippen molar-refractivity contribution >= 4 is 41.2 Å². The van der Waals surface area contributed by atoms with Crippen molar-refractivity contribution in [1.29, 1.82) is 0 Å². The van der Waals surface area contributed by atoms with Crippen molar-refractivity contribution in [1.82, 2.24) is 44.9 Å². The maximum Gasteiger partial charge on any atom is 0.317 e. The van der Waals surface area contributed by atoms with Gasteiger partial charge in [0.25, 0.3) is 12.3 Å². The summed E-state index contributed by atoms with van der Waals surface area (Å²) in [7, 11) is 3.38. The van der Waals surface area contributed by atoms with Crippen molar-refractivity contribution < 1.29 is 32.8 Å². The molecule has 0 aliphatic carbocycles. The largest absolute Gasteiger partial charge is 0.343 e. The number of aromatic nitrogens is 4. The second-order valence-corrected chi connectivity index (χ2v) is 17.3. The summed E-state index contributed by atoms with van der Waals surface area (Å²) >= 11 is 0. The van der Waals surface area contributed by atoms with Crippen LogP contribution in [0.1, 0.15) is 114 Å². The van der Waals surface area contributed by atoms with Gasteiger partial charge in [0.15, 0.2) is 5.82 Å². The Balaban J connectivity index is 0.840. The van der Waals surface area contributed by atoms with Crippen LogP contribution in [0.4, 0.5) is 25.1 Å². The molecule has 2 N–H and O–H groups in total. The summed E-state index contributed by atoms with van der Waals surface area (Å²) in [5.41, 5.74) is 6.64. The summed E-state index contributed by atoms with van der Waals surface area (Å²) in [5, 5.41) is 14.6. The maximum absolute atomic E-state index is 14.7. The second kappa shape index (κ2) is 17.9. The quantitative estimate of drug-likeness (QED) is 0.126. The van der Waals surface area contributed by atoms with Crippen LogP contribution in [0.2, 0.25) is 0 Å². The van der Waals surface area contributed by atoms with Crippen LogP contribution in [0, 0.1) is 11.8 Å². The van der Waals surface area contributed by atoms with E-state index in [4.69, 9.17) is 5.10 Å². The van der Waals surface area contributed by atoms with Crippen molar-refractivity contribution in [3.05, 3.63) is 81.8 Å². The third-order valence-corrected chi connectivity index (χ3v) is 13.3. The number of urea groups is 1. The number of imide groups is 1. The minimum atomic E-state index is -2.70. The number of fused-ring (bicyclic) bond motifs is 3. The van der Waals surface area contributed by atoms with Crippen molar-refractivity contribution in [2.75, 3.05) is 38.1 Å². The highest BCUT2D eigenvalue weighted by Crippen LogP contribution is 2.44. The number of unbranched alkanes of at least 4 members (excludes halogenated alkanes) is 2. The first-order chi connectivity index (χ1) is 31.0. The van der Waals surface area contributed by atoms with E-state index in [0.29, 0.717) is 118 Å². The number of nitrogens with one attached hydrogen (secondary N) is 2. The fraction of sp³-hybridized carbons (Fsp3) is 0.468. The summed E-state index contributed by atoms with van der Waals surface area (Å²) in [5.74, 6) is 6.10. The molecule has 5 aliphatic rings. The lowest BCUT2D eigenvalue weighted by atomic mass is 9.92. The average molecular weight is 875 g/mol. The first-order valence-corrected chi connectivity index (χ1v) is 22.3.